The summed E-state index contributed by atoms with van der Waals surface area (Å²) in [5.41, 5.74) is 2.00. The van der Waals surface area contributed by atoms with Gasteiger partial charge in [-0.05, 0) is 42.0 Å². The van der Waals surface area contributed by atoms with E-state index < -0.39 is 11.8 Å². The van der Waals surface area contributed by atoms with Crippen LogP contribution in [0, 0.1) is 5.82 Å². The number of anilines is 1. The van der Waals surface area contributed by atoms with Gasteiger partial charge in [0.15, 0.2) is 0 Å². The molecule has 0 fully saturated rings. The Kier molecular flexibility index (Phi) is 6.84. The molecule has 1 heterocycles. The van der Waals surface area contributed by atoms with Crippen LogP contribution >= 0.6 is 36.0 Å². The number of aromatic nitrogens is 1. The van der Waals surface area contributed by atoms with Gasteiger partial charge in [-0.15, -0.1) is 0 Å². The zero-order valence-electron chi connectivity index (χ0n) is 15.2. The molecule has 0 saturated heterocycles. The molecule has 9 heteroatoms. The van der Waals surface area contributed by atoms with E-state index in [9.17, 15) is 9.18 Å². The summed E-state index contributed by atoms with van der Waals surface area (Å²) < 4.78 is 20.2. The highest BCUT2D eigenvalue weighted by Gasteiger charge is 2.18. The van der Waals surface area contributed by atoms with Crippen LogP contribution in [-0.2, 0) is 6.54 Å². The van der Waals surface area contributed by atoms with Crippen LogP contribution in [0.3, 0.4) is 0 Å². The number of urea groups is 1. The molecule has 0 spiro atoms. The summed E-state index contributed by atoms with van der Waals surface area (Å²) in [6, 6.07) is 12.1. The zero-order valence-corrected chi connectivity index (χ0v) is 17.6. The SMILES string of the molecule is COc1ccc(F)cc1-c1ncccc1CNC(=O)N(S)c1cccc(Cl)c1Cl. The first-order valence-corrected chi connectivity index (χ1v) is 9.56. The fraction of sp³-hybridized carbons (Fsp3) is 0.100. The van der Waals surface area contributed by atoms with E-state index in [4.69, 9.17) is 27.9 Å². The summed E-state index contributed by atoms with van der Waals surface area (Å²) in [5.74, 6) is 0.0535. The molecule has 3 rings (SSSR count). The number of methoxy groups -OCH3 is 1. The van der Waals surface area contributed by atoms with E-state index in [1.165, 1.54) is 25.3 Å². The molecule has 0 aliphatic rings. The van der Waals surface area contributed by atoms with Crippen molar-refractivity contribution >= 4 is 47.7 Å². The van der Waals surface area contributed by atoms with Gasteiger partial charge in [0.1, 0.15) is 11.6 Å². The summed E-state index contributed by atoms with van der Waals surface area (Å²) in [5, 5.41) is 3.26. The number of nitrogens with zero attached hydrogens (tertiary/aromatic N) is 2. The van der Waals surface area contributed by atoms with Crippen molar-refractivity contribution in [2.24, 2.45) is 0 Å². The van der Waals surface area contributed by atoms with Crippen molar-refractivity contribution in [3.63, 3.8) is 0 Å². The van der Waals surface area contributed by atoms with Gasteiger partial charge in [0.05, 0.1) is 28.5 Å². The molecule has 1 aromatic heterocycles. The molecule has 0 radical (unpaired) electrons. The zero-order chi connectivity index (χ0) is 21.0. The maximum atomic E-state index is 13.8. The Hall–Kier alpha value is -2.48. The maximum Gasteiger partial charge on any atom is 0.332 e. The third-order valence-electron chi connectivity index (χ3n) is 4.09. The third kappa shape index (κ3) is 4.75. The number of ether oxygens (including phenoxy) is 1. The molecule has 5 nitrogen and oxygen atoms in total. The maximum absolute atomic E-state index is 13.8. The Morgan fingerprint density at radius 2 is 2.03 bits per heavy atom. The lowest BCUT2D eigenvalue weighted by molar-refractivity contribution is 0.249. The molecule has 2 amide bonds. The van der Waals surface area contributed by atoms with Crippen LogP contribution < -0.4 is 14.4 Å². The number of benzene rings is 2. The van der Waals surface area contributed by atoms with Crippen molar-refractivity contribution in [1.29, 1.82) is 0 Å². The lowest BCUT2D eigenvalue weighted by Gasteiger charge is -2.19. The van der Waals surface area contributed by atoms with Crippen LogP contribution in [0.1, 0.15) is 5.56 Å². The fourth-order valence-electron chi connectivity index (χ4n) is 2.70. The van der Waals surface area contributed by atoms with Crippen molar-refractivity contribution in [2.45, 2.75) is 6.54 Å². The molecule has 0 saturated carbocycles. The number of rotatable bonds is 5. The number of halogens is 3. The molecule has 0 unspecified atom stereocenters. The summed E-state index contributed by atoms with van der Waals surface area (Å²) in [4.78, 5) is 16.9. The minimum atomic E-state index is -0.515. The van der Waals surface area contributed by atoms with Gasteiger partial charge in [-0.3, -0.25) is 4.98 Å². The Labute approximate surface area is 183 Å². The van der Waals surface area contributed by atoms with E-state index >= 15 is 0 Å². The van der Waals surface area contributed by atoms with E-state index in [1.807, 2.05) is 0 Å². The lowest BCUT2D eigenvalue weighted by atomic mass is 10.0. The number of nitrogens with one attached hydrogen (secondary N) is 1. The van der Waals surface area contributed by atoms with Crippen molar-refractivity contribution in [2.75, 3.05) is 11.4 Å². The predicted octanol–water partition coefficient (Wildman–Crippen LogP) is 5.76. The molecule has 0 atom stereocenters. The van der Waals surface area contributed by atoms with Gasteiger partial charge in [0.25, 0.3) is 0 Å². The monoisotopic (exact) mass is 451 g/mol. The van der Waals surface area contributed by atoms with E-state index in [0.717, 1.165) is 4.31 Å². The molecule has 29 heavy (non-hydrogen) atoms. The van der Waals surface area contributed by atoms with Crippen LogP contribution in [0.5, 0.6) is 5.75 Å². The average molecular weight is 452 g/mol. The van der Waals surface area contributed by atoms with Crippen molar-refractivity contribution in [1.82, 2.24) is 10.3 Å². The van der Waals surface area contributed by atoms with Gasteiger partial charge >= 0.3 is 6.03 Å². The van der Waals surface area contributed by atoms with Crippen molar-refractivity contribution < 1.29 is 13.9 Å². The Morgan fingerprint density at radius 3 is 2.79 bits per heavy atom. The third-order valence-corrected chi connectivity index (χ3v) is 5.30. The second kappa shape index (κ2) is 9.35. The quantitative estimate of drug-likeness (QED) is 0.484. The van der Waals surface area contributed by atoms with Crippen LogP contribution in [0.15, 0.2) is 54.7 Å². The van der Waals surface area contributed by atoms with Gasteiger partial charge in [-0.25, -0.2) is 13.5 Å². The van der Waals surface area contributed by atoms with Gasteiger partial charge in [-0.1, -0.05) is 48.1 Å². The van der Waals surface area contributed by atoms with E-state index in [-0.39, 0.29) is 11.6 Å². The Morgan fingerprint density at radius 1 is 1.24 bits per heavy atom. The highest BCUT2D eigenvalue weighted by molar-refractivity contribution is 7.82. The lowest BCUT2D eigenvalue weighted by Crippen LogP contribution is -2.33. The Balaban J connectivity index is 1.83. The average Bonchev–Trinajstić information content (AvgIpc) is 2.73. The predicted molar refractivity (Wildman–Crippen MR) is 116 cm³/mol. The molecule has 1 N–H and O–H groups in total. The summed E-state index contributed by atoms with van der Waals surface area (Å²) >= 11 is 16.3. The number of hydrogen-bond acceptors (Lipinski definition) is 4. The molecule has 2 aromatic carbocycles. The number of pyridine rings is 1. The molecule has 3 aromatic rings. The molecule has 0 aliphatic heterocycles. The largest absolute Gasteiger partial charge is 0.496 e. The Bertz CT molecular complexity index is 1050. The van der Waals surface area contributed by atoms with Crippen molar-refractivity contribution in [3.8, 4) is 17.0 Å². The number of amides is 2. The van der Waals surface area contributed by atoms with E-state index in [1.54, 1.807) is 36.5 Å². The number of thiol groups is 1. The van der Waals surface area contributed by atoms with E-state index in [0.29, 0.717) is 33.3 Å². The summed E-state index contributed by atoms with van der Waals surface area (Å²) in [7, 11) is 1.49. The second-order valence-corrected chi connectivity index (χ2v) is 7.08. The second-order valence-electron chi connectivity index (χ2n) is 5.90. The first kappa shape index (κ1) is 21.2. The fourth-order valence-corrected chi connectivity index (χ4v) is 3.38. The summed E-state index contributed by atoms with van der Waals surface area (Å²) in [6.07, 6.45) is 1.58. The van der Waals surface area contributed by atoms with Crippen LogP contribution in [0.4, 0.5) is 14.9 Å². The minimum Gasteiger partial charge on any atom is -0.496 e. The molecular weight excluding hydrogens is 436 g/mol. The number of hydrogen-bond donors (Lipinski definition) is 2. The highest BCUT2D eigenvalue weighted by Crippen LogP contribution is 2.34. The molecule has 150 valence electrons. The smallest absolute Gasteiger partial charge is 0.332 e. The normalized spacial score (nSPS) is 10.5. The van der Waals surface area contributed by atoms with E-state index in [2.05, 4.69) is 23.1 Å². The molecule has 0 aliphatic carbocycles. The minimum absolute atomic E-state index is 0.122. The first-order chi connectivity index (χ1) is 13.9. The molecular formula is C20H16Cl2FN3O2S. The highest BCUT2D eigenvalue weighted by atomic mass is 35.5. The molecule has 0 bridgehead atoms. The number of carbonyl (C=O) groups excluding carboxylic acids is 1. The standard InChI is InChI=1S/C20H16Cl2FN3O2S/c1-28-17-8-7-13(23)10-14(17)19-12(4-3-9-24-19)11-25-20(27)26(29)16-6-2-5-15(21)18(16)22/h2-10,29H,11H2,1H3,(H,25,27). The van der Waals surface area contributed by atoms with Gasteiger partial charge in [0, 0.05) is 18.3 Å². The first-order valence-electron chi connectivity index (χ1n) is 8.41. The topological polar surface area (TPSA) is 54.5 Å². The van der Waals surface area contributed by atoms with Crippen molar-refractivity contribution in [3.05, 3.63) is 76.2 Å². The van der Waals surface area contributed by atoms with Crippen LogP contribution in [0.25, 0.3) is 11.3 Å². The van der Waals surface area contributed by atoms with Crippen LogP contribution in [0.2, 0.25) is 10.0 Å². The van der Waals surface area contributed by atoms with Gasteiger partial charge in [-0.2, -0.15) is 0 Å². The van der Waals surface area contributed by atoms with Crippen LogP contribution in [-0.4, -0.2) is 18.1 Å². The van der Waals surface area contributed by atoms with Gasteiger partial charge in [0.2, 0.25) is 0 Å². The van der Waals surface area contributed by atoms with Gasteiger partial charge < -0.3 is 10.1 Å². The summed E-state index contributed by atoms with van der Waals surface area (Å²) in [6.45, 7) is 0.122. The number of carbonyl (C=O) groups is 1.